The van der Waals surface area contributed by atoms with Gasteiger partial charge in [-0.1, -0.05) is 41.5 Å². The van der Waals surface area contributed by atoms with Crippen molar-refractivity contribution in [1.82, 2.24) is 0 Å². The van der Waals surface area contributed by atoms with Gasteiger partial charge in [0.2, 0.25) is 0 Å². The van der Waals surface area contributed by atoms with Gasteiger partial charge in [-0.3, -0.25) is 0 Å². The third-order valence-corrected chi connectivity index (χ3v) is 3.29. The van der Waals surface area contributed by atoms with Crippen LogP contribution in [-0.4, -0.2) is 5.11 Å². The summed E-state index contributed by atoms with van der Waals surface area (Å²) in [6, 6.07) is 11.1. The van der Waals surface area contributed by atoms with E-state index in [0.29, 0.717) is 17.5 Å². The highest BCUT2D eigenvalue weighted by Crippen LogP contribution is 2.21. The molecule has 1 nitrogen and oxygen atoms in total. The maximum atomic E-state index is 13.5. The van der Waals surface area contributed by atoms with Crippen molar-refractivity contribution >= 4 is 0 Å². The van der Waals surface area contributed by atoms with Crippen LogP contribution in [0.25, 0.3) is 0 Å². The minimum absolute atomic E-state index is 0.267. The van der Waals surface area contributed by atoms with Crippen molar-refractivity contribution in [2.24, 2.45) is 0 Å². The summed E-state index contributed by atoms with van der Waals surface area (Å²) < 4.78 is 13.5. The van der Waals surface area contributed by atoms with Crippen LogP contribution < -0.4 is 0 Å². The first-order chi connectivity index (χ1) is 8.95. The maximum Gasteiger partial charge on any atom is 0.126 e. The smallest absolute Gasteiger partial charge is 0.126 e. The van der Waals surface area contributed by atoms with E-state index in [0.717, 1.165) is 5.56 Å². The van der Waals surface area contributed by atoms with Crippen molar-refractivity contribution in [3.05, 3.63) is 70.0 Å². The third kappa shape index (κ3) is 3.42. The molecule has 0 aromatic heterocycles. The van der Waals surface area contributed by atoms with Crippen molar-refractivity contribution in [2.75, 3.05) is 0 Å². The maximum absolute atomic E-state index is 13.5. The number of rotatable bonds is 3. The summed E-state index contributed by atoms with van der Waals surface area (Å²) in [5, 5.41) is 10.2. The average Bonchev–Trinajstić information content (AvgIpc) is 2.31. The van der Waals surface area contributed by atoms with E-state index >= 15 is 0 Å². The van der Waals surface area contributed by atoms with E-state index in [2.05, 4.69) is 18.2 Å². The van der Waals surface area contributed by atoms with Gasteiger partial charge in [0, 0.05) is 6.42 Å². The molecule has 0 aliphatic carbocycles. The van der Waals surface area contributed by atoms with Crippen molar-refractivity contribution in [1.29, 1.82) is 0 Å². The normalized spacial score (nSPS) is 12.5. The average molecular weight is 258 g/mol. The molecular formula is C17H19FO. The molecule has 0 aliphatic rings. The molecule has 0 radical (unpaired) electrons. The first kappa shape index (κ1) is 13.8. The van der Waals surface area contributed by atoms with E-state index in [1.54, 1.807) is 19.1 Å². The Morgan fingerprint density at radius 1 is 1.00 bits per heavy atom. The van der Waals surface area contributed by atoms with Gasteiger partial charge in [0.25, 0.3) is 0 Å². The molecule has 2 aromatic carbocycles. The highest BCUT2D eigenvalue weighted by atomic mass is 19.1. The molecule has 1 N–H and O–H groups in total. The standard InChI is InChI=1S/C17H19FO/c1-11-6-12(2)8-14(7-11)9-17(19)15-5-4-13(3)16(18)10-15/h4-8,10,17,19H,9H2,1-3H3. The van der Waals surface area contributed by atoms with E-state index < -0.39 is 6.10 Å². The van der Waals surface area contributed by atoms with Crippen LogP contribution in [-0.2, 0) is 6.42 Å². The lowest BCUT2D eigenvalue weighted by Gasteiger charge is -2.13. The van der Waals surface area contributed by atoms with Crippen molar-refractivity contribution < 1.29 is 9.50 Å². The lowest BCUT2D eigenvalue weighted by molar-refractivity contribution is 0.178. The second kappa shape index (κ2) is 5.54. The fourth-order valence-corrected chi connectivity index (χ4v) is 2.34. The minimum Gasteiger partial charge on any atom is -0.388 e. The van der Waals surface area contributed by atoms with Gasteiger partial charge in [-0.2, -0.15) is 0 Å². The van der Waals surface area contributed by atoms with E-state index in [9.17, 15) is 9.50 Å². The quantitative estimate of drug-likeness (QED) is 0.881. The Kier molecular flexibility index (Phi) is 4.01. The topological polar surface area (TPSA) is 20.2 Å². The van der Waals surface area contributed by atoms with Gasteiger partial charge in [0.1, 0.15) is 5.82 Å². The first-order valence-electron chi connectivity index (χ1n) is 6.47. The molecule has 2 aromatic rings. The molecule has 0 aliphatic heterocycles. The van der Waals surface area contributed by atoms with Gasteiger partial charge in [-0.15, -0.1) is 0 Å². The van der Waals surface area contributed by atoms with E-state index in [1.807, 2.05) is 13.8 Å². The Bertz CT molecular complexity index is 570. The summed E-state index contributed by atoms with van der Waals surface area (Å²) in [7, 11) is 0. The Morgan fingerprint density at radius 2 is 1.63 bits per heavy atom. The van der Waals surface area contributed by atoms with Gasteiger partial charge in [0.05, 0.1) is 6.10 Å². The van der Waals surface area contributed by atoms with Crippen LogP contribution in [0, 0.1) is 26.6 Å². The summed E-state index contributed by atoms with van der Waals surface area (Å²) in [5.41, 5.74) is 4.66. The van der Waals surface area contributed by atoms with Crippen LogP contribution in [0.2, 0.25) is 0 Å². The van der Waals surface area contributed by atoms with Crippen LogP contribution in [0.3, 0.4) is 0 Å². The van der Waals surface area contributed by atoms with Gasteiger partial charge in [0.15, 0.2) is 0 Å². The third-order valence-electron chi connectivity index (χ3n) is 3.29. The minimum atomic E-state index is -0.670. The lowest BCUT2D eigenvalue weighted by Crippen LogP contribution is -2.03. The van der Waals surface area contributed by atoms with Crippen molar-refractivity contribution in [3.8, 4) is 0 Å². The van der Waals surface area contributed by atoms with E-state index in [1.165, 1.54) is 17.2 Å². The number of hydrogen-bond acceptors (Lipinski definition) is 1. The Labute approximate surface area is 113 Å². The second-order valence-electron chi connectivity index (χ2n) is 5.22. The number of aliphatic hydroxyl groups excluding tert-OH is 1. The fourth-order valence-electron chi connectivity index (χ4n) is 2.34. The van der Waals surface area contributed by atoms with E-state index in [4.69, 9.17) is 0 Å². The van der Waals surface area contributed by atoms with Gasteiger partial charge in [-0.05, 0) is 43.5 Å². The lowest BCUT2D eigenvalue weighted by atomic mass is 9.98. The van der Waals surface area contributed by atoms with Crippen LogP contribution >= 0.6 is 0 Å². The highest BCUT2D eigenvalue weighted by molar-refractivity contribution is 5.31. The summed E-state index contributed by atoms with van der Waals surface area (Å²) in [5.74, 6) is -0.267. The van der Waals surface area contributed by atoms with Crippen LogP contribution in [0.15, 0.2) is 36.4 Å². The predicted octanol–water partition coefficient (Wildman–Crippen LogP) is 4.03. The molecular weight excluding hydrogens is 239 g/mol. The number of halogens is 1. The summed E-state index contributed by atoms with van der Waals surface area (Å²) in [6.07, 6.45) is -0.165. The van der Waals surface area contributed by atoms with Crippen LogP contribution in [0.4, 0.5) is 4.39 Å². The zero-order chi connectivity index (χ0) is 14.0. The van der Waals surface area contributed by atoms with Crippen molar-refractivity contribution in [3.63, 3.8) is 0 Å². The first-order valence-corrected chi connectivity index (χ1v) is 6.47. The zero-order valence-electron chi connectivity index (χ0n) is 11.6. The molecule has 19 heavy (non-hydrogen) atoms. The highest BCUT2D eigenvalue weighted by Gasteiger charge is 2.11. The molecule has 1 atom stereocenters. The van der Waals surface area contributed by atoms with Crippen LogP contribution in [0.5, 0.6) is 0 Å². The fraction of sp³-hybridized carbons (Fsp3) is 0.294. The molecule has 2 heteroatoms. The monoisotopic (exact) mass is 258 g/mol. The molecule has 0 heterocycles. The molecule has 0 amide bonds. The number of benzene rings is 2. The zero-order valence-corrected chi connectivity index (χ0v) is 11.6. The number of hydrogen-bond donors (Lipinski definition) is 1. The summed E-state index contributed by atoms with van der Waals surface area (Å²) >= 11 is 0. The Hall–Kier alpha value is -1.67. The summed E-state index contributed by atoms with van der Waals surface area (Å²) in [6.45, 7) is 5.79. The number of aliphatic hydroxyl groups is 1. The molecule has 100 valence electrons. The summed E-state index contributed by atoms with van der Waals surface area (Å²) in [4.78, 5) is 0. The molecule has 1 unspecified atom stereocenters. The molecule has 0 spiro atoms. The van der Waals surface area contributed by atoms with Gasteiger partial charge >= 0.3 is 0 Å². The van der Waals surface area contributed by atoms with Crippen molar-refractivity contribution in [2.45, 2.75) is 33.3 Å². The largest absolute Gasteiger partial charge is 0.388 e. The Morgan fingerprint density at radius 3 is 2.21 bits per heavy atom. The van der Waals surface area contributed by atoms with Gasteiger partial charge < -0.3 is 5.11 Å². The predicted molar refractivity (Wildman–Crippen MR) is 75.7 cm³/mol. The molecule has 0 saturated heterocycles. The molecule has 0 saturated carbocycles. The molecule has 0 bridgehead atoms. The van der Waals surface area contributed by atoms with E-state index in [-0.39, 0.29) is 5.82 Å². The Balaban J connectivity index is 2.20. The SMILES string of the molecule is Cc1cc(C)cc(CC(O)c2ccc(C)c(F)c2)c1. The van der Waals surface area contributed by atoms with Gasteiger partial charge in [-0.25, -0.2) is 4.39 Å². The number of aryl methyl sites for hydroxylation is 3. The second-order valence-corrected chi connectivity index (χ2v) is 5.22. The molecule has 0 fully saturated rings. The van der Waals surface area contributed by atoms with Crippen LogP contribution in [0.1, 0.15) is 33.9 Å². The molecule has 2 rings (SSSR count).